The Labute approximate surface area is 133 Å². The molecule has 5 heteroatoms. The number of hydrogen-bond acceptors (Lipinski definition) is 1. The minimum absolute atomic E-state index is 0.542. The summed E-state index contributed by atoms with van der Waals surface area (Å²) in [4.78, 5) is 9.78. The third-order valence-electron chi connectivity index (χ3n) is 2.78. The molecule has 0 heterocycles. The van der Waals surface area contributed by atoms with Crippen LogP contribution in [0.15, 0.2) is 0 Å². The van der Waals surface area contributed by atoms with Gasteiger partial charge < -0.3 is 4.89 Å². The lowest BCUT2D eigenvalue weighted by Crippen LogP contribution is -1.96. The van der Waals surface area contributed by atoms with Crippen molar-refractivity contribution >= 4 is 52.6 Å². The molecule has 0 rings (SSSR count). The summed E-state index contributed by atoms with van der Waals surface area (Å²) in [5, 5.41) is 0. The summed E-state index contributed by atoms with van der Waals surface area (Å²) in [6.07, 6.45) is 10.1. The second-order valence-electron chi connectivity index (χ2n) is 4.50. The molecular weight excluding hydrogens is 461 g/mol. The first-order chi connectivity index (χ1) is 8.12. The molecule has 0 unspecified atom stereocenters. The highest BCUT2D eigenvalue weighted by Gasteiger charge is 2.16. The van der Waals surface area contributed by atoms with Crippen LogP contribution in [0.4, 0.5) is 0 Å². The van der Waals surface area contributed by atoms with Gasteiger partial charge in [-0.25, -0.2) is 0 Å². The zero-order valence-corrected chi connectivity index (χ0v) is 15.8. The Kier molecular flexibility index (Phi) is 13.9. The lowest BCUT2D eigenvalue weighted by Gasteiger charge is -2.11. The van der Waals surface area contributed by atoms with E-state index in [1.165, 1.54) is 34.5 Å². The first-order valence-corrected chi connectivity index (χ1v) is 11.6. The van der Waals surface area contributed by atoms with Gasteiger partial charge in [0.15, 0.2) is 0 Å². The van der Waals surface area contributed by atoms with Crippen molar-refractivity contribution in [3.8, 4) is 0 Å². The smallest absolute Gasteiger partial charge is 0.200 e. The fourth-order valence-corrected chi connectivity index (χ4v) is 4.46. The fraction of sp³-hybridized carbons (Fsp3) is 1.00. The highest BCUT2D eigenvalue weighted by molar-refractivity contribution is 14.1. The van der Waals surface area contributed by atoms with Gasteiger partial charge in [-0.15, -0.1) is 0 Å². The number of halogens is 2. The summed E-state index contributed by atoms with van der Waals surface area (Å²) < 4.78 is 14.2. The van der Waals surface area contributed by atoms with Crippen molar-refractivity contribution < 1.29 is 9.46 Å². The van der Waals surface area contributed by atoms with E-state index >= 15 is 0 Å². The summed E-state index contributed by atoms with van der Waals surface area (Å²) in [5.74, 6) is 0. The van der Waals surface area contributed by atoms with Gasteiger partial charge in [0.2, 0.25) is 7.37 Å². The number of rotatable bonds is 12. The average Bonchev–Trinajstić information content (AvgIpc) is 2.28. The first kappa shape index (κ1) is 18.7. The summed E-state index contributed by atoms with van der Waals surface area (Å²) in [5.41, 5.74) is 0. The maximum atomic E-state index is 11.8. The standard InChI is InChI=1S/C12H25I2O2P/c13-9-5-1-3-7-11-17(15,16)12-8-4-2-6-10-14/h1-12H2,(H,15,16). The zero-order valence-electron chi connectivity index (χ0n) is 10.5. The summed E-state index contributed by atoms with van der Waals surface area (Å²) in [6.45, 7) is 0. The molecule has 0 bridgehead atoms. The molecule has 0 atom stereocenters. The topological polar surface area (TPSA) is 37.3 Å². The van der Waals surface area contributed by atoms with Crippen LogP contribution < -0.4 is 0 Å². The minimum atomic E-state index is -2.79. The molecule has 0 saturated carbocycles. The summed E-state index contributed by atoms with van der Waals surface area (Å²) in [7, 11) is -2.79. The van der Waals surface area contributed by atoms with E-state index in [-0.39, 0.29) is 0 Å². The molecule has 0 fully saturated rings. The molecule has 0 spiro atoms. The number of alkyl halides is 2. The van der Waals surface area contributed by atoms with Crippen molar-refractivity contribution in [3.63, 3.8) is 0 Å². The average molecular weight is 486 g/mol. The van der Waals surface area contributed by atoms with Gasteiger partial charge in [-0.3, -0.25) is 4.57 Å². The Balaban J connectivity index is 3.42. The van der Waals surface area contributed by atoms with Crippen LogP contribution >= 0.6 is 52.6 Å². The maximum absolute atomic E-state index is 11.8. The summed E-state index contributed by atoms with van der Waals surface area (Å²) >= 11 is 4.76. The normalized spacial score (nSPS) is 11.9. The van der Waals surface area contributed by atoms with Crippen molar-refractivity contribution in [2.24, 2.45) is 0 Å². The van der Waals surface area contributed by atoms with Gasteiger partial charge in [-0.2, -0.15) is 0 Å². The van der Waals surface area contributed by atoms with Gasteiger partial charge in [0, 0.05) is 12.3 Å². The van der Waals surface area contributed by atoms with Crippen LogP contribution in [-0.2, 0) is 4.57 Å². The molecular formula is C12H25I2O2P. The third kappa shape index (κ3) is 13.9. The zero-order chi connectivity index (χ0) is 13.0. The van der Waals surface area contributed by atoms with E-state index in [2.05, 4.69) is 45.2 Å². The van der Waals surface area contributed by atoms with Gasteiger partial charge in [0.25, 0.3) is 0 Å². The fourth-order valence-electron chi connectivity index (χ4n) is 1.73. The van der Waals surface area contributed by atoms with Gasteiger partial charge in [0.05, 0.1) is 0 Å². The lowest BCUT2D eigenvalue weighted by atomic mass is 10.2. The van der Waals surface area contributed by atoms with E-state index in [1.54, 1.807) is 0 Å². The Bertz CT molecular complexity index is 195. The molecule has 0 saturated heterocycles. The first-order valence-electron chi connectivity index (χ1n) is 6.55. The SMILES string of the molecule is O=P(O)(CCCCCCI)CCCCCCI. The molecule has 0 aliphatic heterocycles. The van der Waals surface area contributed by atoms with E-state index in [1.807, 2.05) is 0 Å². The van der Waals surface area contributed by atoms with Crippen molar-refractivity contribution in [1.29, 1.82) is 0 Å². The molecule has 0 aromatic carbocycles. The van der Waals surface area contributed by atoms with E-state index in [0.717, 1.165) is 25.7 Å². The number of hydrogen-bond donors (Lipinski definition) is 1. The minimum Gasteiger partial charge on any atom is -0.344 e. The van der Waals surface area contributed by atoms with E-state index in [0.29, 0.717) is 12.3 Å². The van der Waals surface area contributed by atoms with Gasteiger partial charge in [-0.05, 0) is 34.5 Å². The number of unbranched alkanes of at least 4 members (excludes halogenated alkanes) is 6. The maximum Gasteiger partial charge on any atom is 0.200 e. The molecule has 2 nitrogen and oxygen atoms in total. The predicted octanol–water partition coefficient (Wildman–Crippen LogP) is 5.25. The molecule has 17 heavy (non-hydrogen) atoms. The molecule has 0 aliphatic rings. The third-order valence-corrected chi connectivity index (χ3v) is 6.34. The Morgan fingerprint density at radius 1 is 0.706 bits per heavy atom. The van der Waals surface area contributed by atoms with Crippen LogP contribution in [0.5, 0.6) is 0 Å². The van der Waals surface area contributed by atoms with E-state index in [4.69, 9.17) is 0 Å². The van der Waals surface area contributed by atoms with Crippen molar-refractivity contribution in [1.82, 2.24) is 0 Å². The second-order valence-corrected chi connectivity index (χ2v) is 9.24. The highest BCUT2D eigenvalue weighted by atomic mass is 127. The molecule has 1 N–H and O–H groups in total. The van der Waals surface area contributed by atoms with Crippen LogP contribution in [-0.4, -0.2) is 26.1 Å². The monoisotopic (exact) mass is 486 g/mol. The van der Waals surface area contributed by atoms with E-state index < -0.39 is 7.37 Å². The Morgan fingerprint density at radius 3 is 1.41 bits per heavy atom. The van der Waals surface area contributed by atoms with Crippen LogP contribution in [0.25, 0.3) is 0 Å². The van der Waals surface area contributed by atoms with Gasteiger partial charge in [0.1, 0.15) is 0 Å². The molecule has 0 aromatic heterocycles. The predicted molar refractivity (Wildman–Crippen MR) is 94.3 cm³/mol. The largest absolute Gasteiger partial charge is 0.344 e. The Hall–Kier alpha value is 1.65. The molecule has 0 aliphatic carbocycles. The van der Waals surface area contributed by atoms with Crippen molar-refractivity contribution in [2.75, 3.05) is 21.2 Å². The highest BCUT2D eigenvalue weighted by Crippen LogP contribution is 2.42. The second kappa shape index (κ2) is 12.7. The molecule has 104 valence electrons. The van der Waals surface area contributed by atoms with Crippen LogP contribution in [0.2, 0.25) is 0 Å². The lowest BCUT2D eigenvalue weighted by molar-refractivity contribution is 0.470. The van der Waals surface area contributed by atoms with Gasteiger partial charge >= 0.3 is 0 Å². The summed E-state index contributed by atoms with van der Waals surface area (Å²) in [6, 6.07) is 0. The van der Waals surface area contributed by atoms with Crippen molar-refractivity contribution in [3.05, 3.63) is 0 Å². The van der Waals surface area contributed by atoms with Crippen LogP contribution in [0.3, 0.4) is 0 Å². The quantitative estimate of drug-likeness (QED) is 0.177. The molecule has 0 radical (unpaired) electrons. The molecule has 0 aromatic rings. The van der Waals surface area contributed by atoms with E-state index in [9.17, 15) is 9.46 Å². The van der Waals surface area contributed by atoms with Crippen molar-refractivity contribution in [2.45, 2.75) is 51.4 Å². The van der Waals surface area contributed by atoms with Crippen LogP contribution in [0.1, 0.15) is 51.4 Å². The van der Waals surface area contributed by atoms with Gasteiger partial charge in [-0.1, -0.05) is 70.9 Å². The van der Waals surface area contributed by atoms with Crippen LogP contribution in [0, 0.1) is 0 Å². The molecule has 0 amide bonds. The Morgan fingerprint density at radius 2 is 1.06 bits per heavy atom.